The number of amides is 1. The van der Waals surface area contributed by atoms with Crippen LogP contribution in [-0.2, 0) is 16.1 Å². The zero-order valence-electron chi connectivity index (χ0n) is 21.3. The summed E-state index contributed by atoms with van der Waals surface area (Å²) in [7, 11) is 0. The Labute approximate surface area is 217 Å². The lowest BCUT2D eigenvalue weighted by atomic mass is 9.86. The highest BCUT2D eigenvalue weighted by molar-refractivity contribution is 5.87. The highest BCUT2D eigenvalue weighted by atomic mass is 19.1. The van der Waals surface area contributed by atoms with Crippen molar-refractivity contribution in [2.75, 3.05) is 62.7 Å². The molecule has 6 rings (SSSR count). The molecular weight excluding hydrogens is 473 g/mol. The molecule has 8 nitrogen and oxygen atoms in total. The molecule has 0 saturated carbocycles. The van der Waals surface area contributed by atoms with E-state index < -0.39 is 6.17 Å². The number of rotatable bonds is 4. The number of nitrogens with one attached hydrogen (secondary N) is 1. The summed E-state index contributed by atoms with van der Waals surface area (Å²) in [5, 5.41) is 3.56. The van der Waals surface area contributed by atoms with Crippen LogP contribution in [0.4, 0.5) is 21.6 Å². The Kier molecular flexibility index (Phi) is 6.50. The maximum absolute atomic E-state index is 14.9. The van der Waals surface area contributed by atoms with Crippen LogP contribution in [-0.4, -0.2) is 85.4 Å². The smallest absolute Gasteiger partial charge is 0.246 e. The summed E-state index contributed by atoms with van der Waals surface area (Å²) in [6.45, 7) is 11.6. The van der Waals surface area contributed by atoms with Gasteiger partial charge in [0.05, 0.1) is 31.0 Å². The van der Waals surface area contributed by atoms with Crippen LogP contribution in [0.25, 0.3) is 0 Å². The summed E-state index contributed by atoms with van der Waals surface area (Å²) in [4.78, 5) is 22.6. The Hall–Kier alpha value is -3.17. The minimum atomic E-state index is -1.04. The number of aromatic nitrogens is 1. The van der Waals surface area contributed by atoms with Gasteiger partial charge in [0.1, 0.15) is 24.3 Å². The second-order valence-corrected chi connectivity index (χ2v) is 10.4. The monoisotopic (exact) mass is 507 g/mol. The summed E-state index contributed by atoms with van der Waals surface area (Å²) in [6.07, 6.45) is 2.73. The highest BCUT2D eigenvalue weighted by Gasteiger charge is 2.41. The molecule has 3 saturated heterocycles. The largest absolute Gasteiger partial charge is 0.486 e. The fraction of sp³-hybridized carbons (Fsp3) is 0.500. The summed E-state index contributed by atoms with van der Waals surface area (Å²) in [5.41, 5.74) is 5.44. The predicted molar refractivity (Wildman–Crippen MR) is 140 cm³/mol. The molecule has 3 fully saturated rings. The van der Waals surface area contributed by atoms with Gasteiger partial charge in [0.2, 0.25) is 5.91 Å². The third-order valence-corrected chi connectivity index (χ3v) is 8.14. The molecule has 0 unspecified atom stereocenters. The first-order valence-corrected chi connectivity index (χ1v) is 13.2. The number of alkyl halides is 1. The average molecular weight is 508 g/mol. The van der Waals surface area contributed by atoms with E-state index in [1.165, 1.54) is 11.6 Å². The number of halogens is 1. The van der Waals surface area contributed by atoms with Crippen LogP contribution in [0.1, 0.15) is 29.0 Å². The van der Waals surface area contributed by atoms with Gasteiger partial charge in [0, 0.05) is 56.6 Å². The molecule has 4 aliphatic heterocycles. The minimum absolute atomic E-state index is 0.136. The predicted octanol–water partition coefficient (Wildman–Crippen LogP) is 3.39. The molecule has 0 aliphatic carbocycles. The number of benzene rings is 1. The first-order valence-electron chi connectivity index (χ1n) is 13.2. The molecule has 0 spiro atoms. The molecule has 196 valence electrons. The van der Waals surface area contributed by atoms with E-state index in [0.29, 0.717) is 25.5 Å². The molecule has 9 heteroatoms. The number of ether oxygens (including phenoxy) is 2. The van der Waals surface area contributed by atoms with E-state index in [9.17, 15) is 9.18 Å². The second-order valence-electron chi connectivity index (χ2n) is 10.4. The Morgan fingerprint density at radius 3 is 2.78 bits per heavy atom. The number of fused-ring (bicyclic) bond motifs is 2. The normalized spacial score (nSPS) is 24.2. The fourth-order valence-electron chi connectivity index (χ4n) is 6.05. The summed E-state index contributed by atoms with van der Waals surface area (Å²) < 4.78 is 26.8. The van der Waals surface area contributed by atoms with Crippen molar-refractivity contribution in [1.29, 1.82) is 0 Å². The van der Waals surface area contributed by atoms with E-state index >= 15 is 0 Å². The molecule has 1 aromatic heterocycles. The minimum Gasteiger partial charge on any atom is -0.486 e. The van der Waals surface area contributed by atoms with E-state index in [1.807, 2.05) is 6.20 Å². The third kappa shape index (κ3) is 4.55. The van der Waals surface area contributed by atoms with Gasteiger partial charge >= 0.3 is 0 Å². The van der Waals surface area contributed by atoms with Gasteiger partial charge < -0.3 is 24.6 Å². The number of pyridine rings is 1. The molecule has 1 aromatic carbocycles. The average Bonchev–Trinajstić information content (AvgIpc) is 3.08. The number of morpholine rings is 1. The lowest BCUT2D eigenvalue weighted by molar-refractivity contribution is -0.130. The maximum Gasteiger partial charge on any atom is 0.246 e. The molecule has 2 aromatic rings. The number of likely N-dealkylation sites (tertiary alicyclic amines) is 2. The Morgan fingerprint density at radius 2 is 2.03 bits per heavy atom. The topological polar surface area (TPSA) is 70.2 Å². The van der Waals surface area contributed by atoms with Crippen LogP contribution in [0.5, 0.6) is 5.75 Å². The number of piperidine rings is 1. The van der Waals surface area contributed by atoms with Crippen molar-refractivity contribution in [3.8, 4) is 5.75 Å². The molecule has 37 heavy (non-hydrogen) atoms. The number of hydrogen-bond acceptors (Lipinski definition) is 7. The number of hydrogen-bond donors (Lipinski definition) is 1. The van der Waals surface area contributed by atoms with Crippen molar-refractivity contribution < 1.29 is 18.7 Å². The standard InChI is InChI=1S/C28H34FN5O3/c1-3-26(35)33-7-5-25(22(29)16-33)34-14-20(15-34)19-12-18(2)27-23(13-19)31-28-21(17-37-27)24(4-6-30-28)32-8-10-36-11-9-32/h3-4,6,12-13,20,22,25H,1,5,7-11,14-17H2,2H3,(H,30,31)/t22-,25+/m0/s1. The Bertz CT molecular complexity index is 1190. The van der Waals surface area contributed by atoms with Crippen LogP contribution in [0.15, 0.2) is 37.1 Å². The molecule has 5 heterocycles. The lowest BCUT2D eigenvalue weighted by Gasteiger charge is -2.48. The summed E-state index contributed by atoms with van der Waals surface area (Å²) in [6, 6.07) is 6.29. The summed E-state index contributed by atoms with van der Waals surface area (Å²) in [5.74, 6) is 1.83. The van der Waals surface area contributed by atoms with Crippen molar-refractivity contribution in [2.24, 2.45) is 0 Å². The van der Waals surface area contributed by atoms with Crippen LogP contribution in [0.3, 0.4) is 0 Å². The first kappa shape index (κ1) is 24.2. The quantitative estimate of drug-likeness (QED) is 0.637. The van der Waals surface area contributed by atoms with E-state index in [2.05, 4.69) is 51.8 Å². The zero-order chi connectivity index (χ0) is 25.5. The third-order valence-electron chi connectivity index (χ3n) is 8.14. The van der Waals surface area contributed by atoms with Gasteiger partial charge in [-0.2, -0.15) is 0 Å². The highest BCUT2D eigenvalue weighted by Crippen LogP contribution is 2.42. The number of carbonyl (C=O) groups is 1. The molecule has 1 N–H and O–H groups in total. The zero-order valence-corrected chi connectivity index (χ0v) is 21.3. The van der Waals surface area contributed by atoms with Crippen LogP contribution in [0.2, 0.25) is 0 Å². The number of nitrogens with zero attached hydrogens (tertiary/aromatic N) is 4. The van der Waals surface area contributed by atoms with Gasteiger partial charge in [0.25, 0.3) is 0 Å². The number of carbonyl (C=O) groups excluding carboxylic acids is 1. The lowest BCUT2D eigenvalue weighted by Crippen LogP contribution is -2.59. The van der Waals surface area contributed by atoms with E-state index in [-0.39, 0.29) is 18.5 Å². The van der Waals surface area contributed by atoms with Crippen molar-refractivity contribution in [3.05, 3.63) is 53.7 Å². The molecular formula is C28H34FN5O3. The second kappa shape index (κ2) is 9.95. The van der Waals surface area contributed by atoms with Crippen LogP contribution in [0, 0.1) is 6.92 Å². The van der Waals surface area contributed by atoms with Gasteiger partial charge in [-0.3, -0.25) is 9.69 Å². The van der Waals surface area contributed by atoms with Crippen LogP contribution >= 0.6 is 0 Å². The number of anilines is 3. The van der Waals surface area contributed by atoms with Crippen LogP contribution < -0.4 is 15.0 Å². The fourth-order valence-corrected chi connectivity index (χ4v) is 6.05. The van der Waals surface area contributed by atoms with Crippen molar-refractivity contribution in [3.63, 3.8) is 0 Å². The van der Waals surface area contributed by atoms with Crippen molar-refractivity contribution in [2.45, 2.75) is 38.1 Å². The van der Waals surface area contributed by atoms with Gasteiger partial charge in [-0.25, -0.2) is 9.37 Å². The molecule has 2 atom stereocenters. The SMILES string of the molecule is C=CC(=O)N1CC[C@@H](N2CC(c3cc(C)c4c(c3)Nc3nccc(N5CCOCC5)c3CO4)C2)[C@@H](F)C1. The van der Waals surface area contributed by atoms with Gasteiger partial charge in [0.15, 0.2) is 0 Å². The molecule has 0 radical (unpaired) electrons. The Morgan fingerprint density at radius 1 is 1.22 bits per heavy atom. The molecule has 1 amide bonds. The summed E-state index contributed by atoms with van der Waals surface area (Å²) >= 11 is 0. The number of aryl methyl sites for hydroxylation is 1. The Balaban J connectivity index is 1.16. The van der Waals surface area contributed by atoms with E-state index in [4.69, 9.17) is 9.47 Å². The van der Waals surface area contributed by atoms with Gasteiger partial charge in [-0.15, -0.1) is 0 Å². The first-order chi connectivity index (χ1) is 18.0. The molecule has 4 aliphatic rings. The van der Waals surface area contributed by atoms with Gasteiger partial charge in [-0.1, -0.05) is 12.6 Å². The van der Waals surface area contributed by atoms with E-state index in [1.54, 1.807) is 4.90 Å². The van der Waals surface area contributed by atoms with Crippen molar-refractivity contribution >= 4 is 23.1 Å². The maximum atomic E-state index is 14.9. The van der Waals surface area contributed by atoms with Crippen molar-refractivity contribution in [1.82, 2.24) is 14.8 Å². The van der Waals surface area contributed by atoms with Gasteiger partial charge in [-0.05, 0) is 42.7 Å². The molecule has 0 bridgehead atoms. The van der Waals surface area contributed by atoms with E-state index in [0.717, 1.165) is 73.5 Å².